The van der Waals surface area contributed by atoms with E-state index in [2.05, 4.69) is 36.3 Å². The lowest BCUT2D eigenvalue weighted by atomic mass is 9.99. The molecule has 1 saturated heterocycles. The van der Waals surface area contributed by atoms with Gasteiger partial charge in [-0.15, -0.1) is 11.3 Å². The van der Waals surface area contributed by atoms with E-state index in [4.69, 9.17) is 10.5 Å². The van der Waals surface area contributed by atoms with Gasteiger partial charge >= 0.3 is 0 Å². The van der Waals surface area contributed by atoms with Crippen molar-refractivity contribution in [2.75, 3.05) is 26.2 Å². The summed E-state index contributed by atoms with van der Waals surface area (Å²) in [6, 6.07) is 4.88. The third-order valence-electron chi connectivity index (χ3n) is 3.29. The van der Waals surface area contributed by atoms with Crippen molar-refractivity contribution in [3.63, 3.8) is 0 Å². The first kappa shape index (κ1) is 13.0. The Balaban J connectivity index is 2.11. The van der Waals surface area contributed by atoms with Gasteiger partial charge in [0.1, 0.15) is 0 Å². The van der Waals surface area contributed by atoms with Crippen LogP contribution in [0.4, 0.5) is 0 Å². The van der Waals surface area contributed by atoms with E-state index in [0.29, 0.717) is 18.5 Å². The molecule has 2 atom stereocenters. The molecular weight excluding hydrogens is 232 g/mol. The van der Waals surface area contributed by atoms with Gasteiger partial charge in [0.15, 0.2) is 0 Å². The molecule has 0 aromatic carbocycles. The van der Waals surface area contributed by atoms with Gasteiger partial charge in [0, 0.05) is 30.6 Å². The SMILES string of the molecule is CC(C)C(c1cccs1)N1CCOC(CN)C1. The Hall–Kier alpha value is -0.420. The van der Waals surface area contributed by atoms with Gasteiger partial charge in [0.05, 0.1) is 12.7 Å². The quantitative estimate of drug-likeness (QED) is 0.894. The summed E-state index contributed by atoms with van der Waals surface area (Å²) in [4.78, 5) is 3.98. The molecular formula is C13H22N2OS. The van der Waals surface area contributed by atoms with Crippen LogP contribution in [0.5, 0.6) is 0 Å². The molecule has 3 nitrogen and oxygen atoms in total. The fourth-order valence-corrected chi connectivity index (χ4v) is 3.56. The number of nitrogens with two attached hydrogens (primary N) is 1. The first-order valence-electron chi connectivity index (χ1n) is 6.31. The zero-order valence-electron chi connectivity index (χ0n) is 10.6. The van der Waals surface area contributed by atoms with E-state index in [1.165, 1.54) is 4.88 Å². The molecule has 2 heterocycles. The van der Waals surface area contributed by atoms with E-state index in [1.54, 1.807) is 0 Å². The maximum atomic E-state index is 5.71. The molecule has 1 fully saturated rings. The van der Waals surface area contributed by atoms with Crippen LogP contribution in [0, 0.1) is 5.92 Å². The summed E-state index contributed by atoms with van der Waals surface area (Å²) in [6.45, 7) is 7.96. The van der Waals surface area contributed by atoms with Gasteiger partial charge in [0.2, 0.25) is 0 Å². The molecule has 17 heavy (non-hydrogen) atoms. The molecule has 0 aliphatic carbocycles. The molecule has 0 bridgehead atoms. The Morgan fingerprint density at radius 1 is 1.59 bits per heavy atom. The minimum absolute atomic E-state index is 0.199. The number of hydrogen-bond donors (Lipinski definition) is 1. The van der Waals surface area contributed by atoms with Crippen LogP contribution in [0.25, 0.3) is 0 Å². The summed E-state index contributed by atoms with van der Waals surface area (Å²) in [5.74, 6) is 0.616. The molecule has 0 spiro atoms. The minimum atomic E-state index is 0.199. The van der Waals surface area contributed by atoms with Crippen LogP contribution in [-0.4, -0.2) is 37.2 Å². The van der Waals surface area contributed by atoms with Crippen molar-refractivity contribution in [1.29, 1.82) is 0 Å². The van der Waals surface area contributed by atoms with Crippen molar-refractivity contribution >= 4 is 11.3 Å². The highest BCUT2D eigenvalue weighted by atomic mass is 32.1. The summed E-state index contributed by atoms with van der Waals surface area (Å²) in [6.07, 6.45) is 0.199. The Bertz CT molecular complexity index is 326. The standard InChI is InChI=1S/C13H22N2OS/c1-10(2)13(12-4-3-7-17-12)15-5-6-16-11(8-14)9-15/h3-4,7,10-11,13H,5-6,8-9,14H2,1-2H3. The second kappa shape index (κ2) is 5.96. The lowest BCUT2D eigenvalue weighted by Gasteiger charge is -2.39. The normalized spacial score (nSPS) is 24.1. The topological polar surface area (TPSA) is 38.5 Å². The summed E-state index contributed by atoms with van der Waals surface area (Å²) in [5, 5.41) is 2.16. The second-order valence-corrected chi connectivity index (χ2v) is 5.91. The van der Waals surface area contributed by atoms with Crippen LogP contribution in [0.2, 0.25) is 0 Å². The number of hydrogen-bond acceptors (Lipinski definition) is 4. The molecule has 4 heteroatoms. The van der Waals surface area contributed by atoms with Gasteiger partial charge in [-0.2, -0.15) is 0 Å². The van der Waals surface area contributed by atoms with Crippen LogP contribution >= 0.6 is 11.3 Å². The Morgan fingerprint density at radius 2 is 2.41 bits per heavy atom. The third-order valence-corrected chi connectivity index (χ3v) is 4.24. The minimum Gasteiger partial charge on any atom is -0.374 e. The third kappa shape index (κ3) is 3.07. The molecule has 0 amide bonds. The molecule has 0 radical (unpaired) electrons. The fourth-order valence-electron chi connectivity index (χ4n) is 2.53. The number of ether oxygens (including phenoxy) is 1. The molecule has 1 aliphatic heterocycles. The summed E-state index contributed by atoms with van der Waals surface area (Å²) < 4.78 is 5.64. The van der Waals surface area contributed by atoms with Crippen LogP contribution < -0.4 is 5.73 Å². The highest BCUT2D eigenvalue weighted by Crippen LogP contribution is 2.32. The van der Waals surface area contributed by atoms with Gasteiger partial charge in [-0.3, -0.25) is 4.90 Å². The van der Waals surface area contributed by atoms with Crippen LogP contribution in [0.15, 0.2) is 17.5 Å². The van der Waals surface area contributed by atoms with E-state index in [0.717, 1.165) is 19.7 Å². The highest BCUT2D eigenvalue weighted by molar-refractivity contribution is 7.10. The van der Waals surface area contributed by atoms with Crippen LogP contribution in [0.3, 0.4) is 0 Å². The summed E-state index contributed by atoms with van der Waals surface area (Å²) >= 11 is 1.85. The highest BCUT2D eigenvalue weighted by Gasteiger charge is 2.29. The largest absolute Gasteiger partial charge is 0.374 e. The first-order valence-corrected chi connectivity index (χ1v) is 7.19. The Morgan fingerprint density at radius 3 is 3.00 bits per heavy atom. The number of morpholine rings is 1. The number of thiophene rings is 1. The van der Waals surface area contributed by atoms with Crippen LogP contribution in [-0.2, 0) is 4.74 Å². The van der Waals surface area contributed by atoms with Crippen molar-refractivity contribution in [3.8, 4) is 0 Å². The Kier molecular flexibility index (Phi) is 4.56. The van der Waals surface area contributed by atoms with Crippen molar-refractivity contribution in [2.24, 2.45) is 11.7 Å². The summed E-state index contributed by atoms with van der Waals surface area (Å²) in [7, 11) is 0. The predicted octanol–water partition coefficient (Wildman–Crippen LogP) is 2.10. The molecule has 1 aliphatic rings. The fraction of sp³-hybridized carbons (Fsp3) is 0.692. The van der Waals surface area contributed by atoms with E-state index in [9.17, 15) is 0 Å². The average molecular weight is 254 g/mol. The smallest absolute Gasteiger partial charge is 0.0824 e. The molecule has 0 saturated carbocycles. The second-order valence-electron chi connectivity index (χ2n) is 4.93. The van der Waals surface area contributed by atoms with Crippen molar-refractivity contribution < 1.29 is 4.74 Å². The molecule has 96 valence electrons. The lowest BCUT2D eigenvalue weighted by Crippen LogP contribution is -2.47. The number of nitrogens with zero attached hydrogens (tertiary/aromatic N) is 1. The lowest BCUT2D eigenvalue weighted by molar-refractivity contribution is -0.0454. The Labute approximate surface area is 108 Å². The molecule has 1 aromatic rings. The van der Waals surface area contributed by atoms with Gasteiger partial charge in [0.25, 0.3) is 0 Å². The zero-order chi connectivity index (χ0) is 12.3. The van der Waals surface area contributed by atoms with Gasteiger partial charge in [-0.25, -0.2) is 0 Å². The van der Waals surface area contributed by atoms with E-state index in [-0.39, 0.29) is 6.10 Å². The van der Waals surface area contributed by atoms with Crippen molar-refractivity contribution in [3.05, 3.63) is 22.4 Å². The summed E-state index contributed by atoms with van der Waals surface area (Å²) in [5.41, 5.74) is 5.71. The molecule has 1 aromatic heterocycles. The van der Waals surface area contributed by atoms with E-state index < -0.39 is 0 Å². The van der Waals surface area contributed by atoms with Crippen LogP contribution in [0.1, 0.15) is 24.8 Å². The van der Waals surface area contributed by atoms with Crippen molar-refractivity contribution in [1.82, 2.24) is 4.90 Å². The first-order chi connectivity index (χ1) is 8.22. The molecule has 2 unspecified atom stereocenters. The maximum Gasteiger partial charge on any atom is 0.0824 e. The predicted molar refractivity (Wildman–Crippen MR) is 72.3 cm³/mol. The van der Waals surface area contributed by atoms with E-state index >= 15 is 0 Å². The van der Waals surface area contributed by atoms with Gasteiger partial charge in [-0.1, -0.05) is 19.9 Å². The van der Waals surface area contributed by atoms with E-state index in [1.807, 2.05) is 11.3 Å². The molecule has 2 rings (SSSR count). The van der Waals surface area contributed by atoms with Gasteiger partial charge < -0.3 is 10.5 Å². The zero-order valence-corrected chi connectivity index (χ0v) is 11.5. The monoisotopic (exact) mass is 254 g/mol. The average Bonchev–Trinajstić information content (AvgIpc) is 2.83. The van der Waals surface area contributed by atoms with Gasteiger partial charge in [-0.05, 0) is 17.4 Å². The molecule has 2 N–H and O–H groups in total. The maximum absolute atomic E-state index is 5.71. The van der Waals surface area contributed by atoms with Crippen molar-refractivity contribution in [2.45, 2.75) is 26.0 Å². The number of rotatable bonds is 4.